The molecule has 0 unspecified atom stereocenters. The molecule has 1 aliphatic rings. The molecule has 1 fully saturated rings. The lowest BCUT2D eigenvalue weighted by atomic mass is 10.2. The number of hydrogen-bond acceptors (Lipinski definition) is 1. The van der Waals surface area contributed by atoms with Crippen molar-refractivity contribution in [3.05, 3.63) is 27.3 Å². The summed E-state index contributed by atoms with van der Waals surface area (Å²) in [7, 11) is 0. The lowest BCUT2D eigenvalue weighted by molar-refractivity contribution is -0.117. The summed E-state index contributed by atoms with van der Waals surface area (Å²) in [6.07, 6.45) is 1.69. The van der Waals surface area contributed by atoms with E-state index in [1.165, 1.54) is 9.13 Å². The van der Waals surface area contributed by atoms with Crippen molar-refractivity contribution in [3.63, 3.8) is 0 Å². The Morgan fingerprint density at radius 1 is 1.43 bits per heavy atom. The summed E-state index contributed by atoms with van der Waals surface area (Å²) in [6.45, 7) is 2.93. The molecular weight excluding hydrogens is 289 g/mol. The fourth-order valence-corrected chi connectivity index (χ4v) is 2.25. The molecule has 3 heteroatoms. The Bertz CT molecular complexity index is 376. The molecule has 0 saturated carbocycles. The highest BCUT2D eigenvalue weighted by Crippen LogP contribution is 2.26. The van der Waals surface area contributed by atoms with Crippen LogP contribution in [0.4, 0.5) is 5.69 Å². The van der Waals surface area contributed by atoms with E-state index >= 15 is 0 Å². The summed E-state index contributed by atoms with van der Waals surface area (Å²) in [6, 6.07) is 6.22. The predicted octanol–water partition coefficient (Wildman–Crippen LogP) is 2.73. The molecule has 1 amide bonds. The highest BCUT2D eigenvalue weighted by Gasteiger charge is 2.22. The zero-order valence-corrected chi connectivity index (χ0v) is 10.2. The minimum absolute atomic E-state index is 0.259. The first-order valence-electron chi connectivity index (χ1n) is 4.75. The van der Waals surface area contributed by atoms with E-state index in [0.29, 0.717) is 6.42 Å². The van der Waals surface area contributed by atoms with E-state index in [1.807, 2.05) is 4.90 Å². The van der Waals surface area contributed by atoms with Crippen LogP contribution in [0.5, 0.6) is 0 Å². The molecule has 1 heterocycles. The zero-order chi connectivity index (χ0) is 10.1. The number of anilines is 1. The van der Waals surface area contributed by atoms with Gasteiger partial charge in [0, 0.05) is 22.2 Å². The lowest BCUT2D eigenvalue weighted by Gasteiger charge is -2.18. The SMILES string of the molecule is Cc1ccc(I)cc1N1CCCC1=O. The van der Waals surface area contributed by atoms with Gasteiger partial charge < -0.3 is 4.90 Å². The Labute approximate surface area is 97.4 Å². The van der Waals surface area contributed by atoms with E-state index in [2.05, 4.69) is 47.7 Å². The summed E-state index contributed by atoms with van der Waals surface area (Å²) in [5.74, 6) is 0.259. The summed E-state index contributed by atoms with van der Waals surface area (Å²) >= 11 is 2.28. The van der Waals surface area contributed by atoms with Crippen molar-refractivity contribution in [2.24, 2.45) is 0 Å². The molecule has 0 radical (unpaired) electrons. The molecule has 0 aromatic heterocycles. The van der Waals surface area contributed by atoms with Crippen molar-refractivity contribution in [3.8, 4) is 0 Å². The van der Waals surface area contributed by atoms with Crippen LogP contribution in [0, 0.1) is 10.5 Å². The molecule has 1 saturated heterocycles. The van der Waals surface area contributed by atoms with Crippen LogP contribution in [0.25, 0.3) is 0 Å². The van der Waals surface area contributed by atoms with Gasteiger partial charge >= 0.3 is 0 Å². The highest BCUT2D eigenvalue weighted by atomic mass is 127. The number of nitrogens with zero attached hydrogens (tertiary/aromatic N) is 1. The molecule has 1 aromatic carbocycles. The van der Waals surface area contributed by atoms with E-state index < -0.39 is 0 Å². The standard InChI is InChI=1S/C11H12INO/c1-8-4-5-9(12)7-10(8)13-6-2-3-11(13)14/h4-5,7H,2-3,6H2,1H3. The number of aryl methyl sites for hydroxylation is 1. The second kappa shape index (κ2) is 3.88. The minimum atomic E-state index is 0.259. The highest BCUT2D eigenvalue weighted by molar-refractivity contribution is 14.1. The third-order valence-electron chi connectivity index (χ3n) is 2.54. The van der Waals surface area contributed by atoms with Crippen molar-refractivity contribution in [2.45, 2.75) is 19.8 Å². The molecule has 0 bridgehead atoms. The number of halogens is 1. The normalized spacial score (nSPS) is 16.4. The second-order valence-corrected chi connectivity index (χ2v) is 4.83. The van der Waals surface area contributed by atoms with Crippen LogP contribution in [-0.2, 0) is 4.79 Å². The molecule has 74 valence electrons. The number of hydrogen-bond donors (Lipinski definition) is 0. The third-order valence-corrected chi connectivity index (χ3v) is 3.21. The van der Waals surface area contributed by atoms with Crippen LogP contribution in [0.3, 0.4) is 0 Å². The number of carbonyl (C=O) groups excluding carboxylic acids is 1. The molecule has 14 heavy (non-hydrogen) atoms. The van der Waals surface area contributed by atoms with Gasteiger partial charge in [-0.05, 0) is 53.6 Å². The molecular formula is C11H12INO. The van der Waals surface area contributed by atoms with Gasteiger partial charge in [-0.3, -0.25) is 4.79 Å². The van der Waals surface area contributed by atoms with Gasteiger partial charge in [-0.1, -0.05) is 6.07 Å². The van der Waals surface area contributed by atoms with E-state index in [4.69, 9.17) is 0 Å². The van der Waals surface area contributed by atoms with Crippen LogP contribution in [0.2, 0.25) is 0 Å². The average Bonchev–Trinajstić information content (AvgIpc) is 2.56. The first-order chi connectivity index (χ1) is 6.68. The fourth-order valence-electron chi connectivity index (χ4n) is 1.78. The van der Waals surface area contributed by atoms with Crippen LogP contribution in [0.15, 0.2) is 18.2 Å². The predicted molar refractivity (Wildman–Crippen MR) is 65.5 cm³/mol. The van der Waals surface area contributed by atoms with Gasteiger partial charge in [-0.2, -0.15) is 0 Å². The zero-order valence-electron chi connectivity index (χ0n) is 8.09. The largest absolute Gasteiger partial charge is 0.312 e. The molecule has 1 aromatic rings. The van der Waals surface area contributed by atoms with E-state index in [9.17, 15) is 4.79 Å². The second-order valence-electron chi connectivity index (χ2n) is 3.58. The minimum Gasteiger partial charge on any atom is -0.312 e. The molecule has 2 nitrogen and oxygen atoms in total. The quantitative estimate of drug-likeness (QED) is 0.730. The maximum atomic E-state index is 11.6. The van der Waals surface area contributed by atoms with Crippen LogP contribution < -0.4 is 4.90 Å². The molecule has 1 aliphatic heterocycles. The van der Waals surface area contributed by atoms with Crippen molar-refractivity contribution in [2.75, 3.05) is 11.4 Å². The molecule has 0 atom stereocenters. The number of rotatable bonds is 1. The number of amides is 1. The van der Waals surface area contributed by atoms with Gasteiger partial charge in [-0.25, -0.2) is 0 Å². The summed E-state index contributed by atoms with van der Waals surface area (Å²) < 4.78 is 1.18. The average molecular weight is 301 g/mol. The summed E-state index contributed by atoms with van der Waals surface area (Å²) in [5, 5.41) is 0. The molecule has 2 rings (SSSR count). The van der Waals surface area contributed by atoms with Crippen molar-refractivity contribution >= 4 is 34.2 Å². The molecule has 0 spiro atoms. The van der Waals surface area contributed by atoms with E-state index in [1.54, 1.807) is 0 Å². The van der Waals surface area contributed by atoms with Crippen LogP contribution >= 0.6 is 22.6 Å². The fraction of sp³-hybridized carbons (Fsp3) is 0.364. The Kier molecular flexibility index (Phi) is 2.76. The van der Waals surface area contributed by atoms with Gasteiger partial charge in [0.05, 0.1) is 0 Å². The van der Waals surface area contributed by atoms with Crippen LogP contribution in [-0.4, -0.2) is 12.5 Å². The maximum Gasteiger partial charge on any atom is 0.227 e. The smallest absolute Gasteiger partial charge is 0.227 e. The topological polar surface area (TPSA) is 20.3 Å². The molecule has 0 N–H and O–H groups in total. The van der Waals surface area contributed by atoms with Gasteiger partial charge in [0.2, 0.25) is 5.91 Å². The first kappa shape index (κ1) is 9.96. The number of carbonyl (C=O) groups is 1. The van der Waals surface area contributed by atoms with Crippen molar-refractivity contribution in [1.82, 2.24) is 0 Å². The van der Waals surface area contributed by atoms with E-state index in [0.717, 1.165) is 18.7 Å². The van der Waals surface area contributed by atoms with Gasteiger partial charge in [0.25, 0.3) is 0 Å². The summed E-state index contributed by atoms with van der Waals surface area (Å²) in [4.78, 5) is 13.5. The third kappa shape index (κ3) is 1.78. The van der Waals surface area contributed by atoms with Gasteiger partial charge in [0.1, 0.15) is 0 Å². The van der Waals surface area contributed by atoms with Crippen LogP contribution in [0.1, 0.15) is 18.4 Å². The van der Waals surface area contributed by atoms with Crippen molar-refractivity contribution in [1.29, 1.82) is 0 Å². The Hall–Kier alpha value is -0.580. The number of benzene rings is 1. The van der Waals surface area contributed by atoms with E-state index in [-0.39, 0.29) is 5.91 Å². The van der Waals surface area contributed by atoms with Gasteiger partial charge in [-0.15, -0.1) is 0 Å². The Morgan fingerprint density at radius 2 is 2.21 bits per heavy atom. The van der Waals surface area contributed by atoms with Crippen molar-refractivity contribution < 1.29 is 4.79 Å². The van der Waals surface area contributed by atoms with Gasteiger partial charge in [0.15, 0.2) is 0 Å². The summed E-state index contributed by atoms with van der Waals surface area (Å²) in [5.41, 5.74) is 2.26. The monoisotopic (exact) mass is 301 g/mol. The maximum absolute atomic E-state index is 11.6. The first-order valence-corrected chi connectivity index (χ1v) is 5.83. The molecule has 0 aliphatic carbocycles. The lowest BCUT2D eigenvalue weighted by Crippen LogP contribution is -2.24. The Balaban J connectivity index is 2.39. The Morgan fingerprint density at radius 3 is 2.86 bits per heavy atom.